The lowest BCUT2D eigenvalue weighted by Crippen LogP contribution is -2.38. The van der Waals surface area contributed by atoms with Gasteiger partial charge in [-0.3, -0.25) is 4.90 Å². The molecule has 3 aromatic rings. The van der Waals surface area contributed by atoms with Crippen LogP contribution in [0.3, 0.4) is 0 Å². The summed E-state index contributed by atoms with van der Waals surface area (Å²) in [5.74, 6) is 0.697. The van der Waals surface area contributed by atoms with E-state index in [4.69, 9.17) is 9.47 Å². The molecule has 2 aromatic carbocycles. The first-order chi connectivity index (χ1) is 13.2. The summed E-state index contributed by atoms with van der Waals surface area (Å²) in [6.07, 6.45) is 1.59. The van der Waals surface area contributed by atoms with Gasteiger partial charge in [0.1, 0.15) is 12.4 Å². The topological polar surface area (TPSA) is 60.8 Å². The van der Waals surface area contributed by atoms with Crippen LogP contribution in [0.1, 0.15) is 0 Å². The number of benzene rings is 2. The minimum absolute atomic E-state index is 0.265. The standard InChI is InChI=1S/C20H22N2O4S/c23-27(24,17-5-2-1-3-6-17)22-10-9-18-19(22)7-4-8-20(18)26-16-13-21-11-14-25-15-12-21/h1-10H,11-16H2. The first-order valence-corrected chi connectivity index (χ1v) is 10.4. The minimum Gasteiger partial charge on any atom is -0.492 e. The number of hydrogen-bond donors (Lipinski definition) is 0. The third-order valence-electron chi connectivity index (χ3n) is 4.73. The van der Waals surface area contributed by atoms with Gasteiger partial charge in [-0.2, -0.15) is 0 Å². The lowest BCUT2D eigenvalue weighted by atomic mass is 10.2. The number of aromatic nitrogens is 1. The van der Waals surface area contributed by atoms with E-state index in [0.29, 0.717) is 17.9 Å². The van der Waals surface area contributed by atoms with Crippen molar-refractivity contribution in [2.45, 2.75) is 4.90 Å². The minimum atomic E-state index is -3.64. The second-order valence-electron chi connectivity index (χ2n) is 6.42. The van der Waals surface area contributed by atoms with Gasteiger partial charge in [0.2, 0.25) is 0 Å². The lowest BCUT2D eigenvalue weighted by molar-refractivity contribution is 0.0323. The maximum absolute atomic E-state index is 12.9. The Morgan fingerprint density at radius 3 is 2.52 bits per heavy atom. The summed E-state index contributed by atoms with van der Waals surface area (Å²) in [5.41, 5.74) is 0.614. The van der Waals surface area contributed by atoms with E-state index in [9.17, 15) is 8.42 Å². The van der Waals surface area contributed by atoms with Crippen LogP contribution in [0.2, 0.25) is 0 Å². The molecule has 1 aliphatic rings. The first kappa shape index (κ1) is 18.0. The smallest absolute Gasteiger partial charge is 0.268 e. The molecule has 0 bridgehead atoms. The van der Waals surface area contributed by atoms with Crippen LogP contribution < -0.4 is 4.74 Å². The molecule has 1 aromatic heterocycles. The van der Waals surface area contributed by atoms with E-state index in [2.05, 4.69) is 4.90 Å². The molecule has 27 heavy (non-hydrogen) atoms. The van der Waals surface area contributed by atoms with Crippen LogP contribution in [0.5, 0.6) is 5.75 Å². The maximum atomic E-state index is 12.9. The highest BCUT2D eigenvalue weighted by atomic mass is 32.2. The zero-order chi connectivity index (χ0) is 18.7. The molecule has 0 saturated carbocycles. The monoisotopic (exact) mass is 386 g/mol. The summed E-state index contributed by atoms with van der Waals surface area (Å²) in [5, 5.41) is 0.791. The zero-order valence-electron chi connectivity index (χ0n) is 15.0. The van der Waals surface area contributed by atoms with Gasteiger partial charge in [0.25, 0.3) is 10.0 Å². The number of hydrogen-bond acceptors (Lipinski definition) is 5. The molecule has 0 radical (unpaired) electrons. The van der Waals surface area contributed by atoms with E-state index >= 15 is 0 Å². The van der Waals surface area contributed by atoms with Crippen molar-refractivity contribution < 1.29 is 17.9 Å². The molecule has 142 valence electrons. The Balaban J connectivity index is 1.56. The largest absolute Gasteiger partial charge is 0.492 e. The van der Waals surface area contributed by atoms with Gasteiger partial charge < -0.3 is 9.47 Å². The Morgan fingerprint density at radius 1 is 0.963 bits per heavy atom. The van der Waals surface area contributed by atoms with Crippen LogP contribution in [0.4, 0.5) is 0 Å². The molecule has 6 nitrogen and oxygen atoms in total. The summed E-state index contributed by atoms with van der Waals surface area (Å²) in [6, 6.07) is 15.7. The maximum Gasteiger partial charge on any atom is 0.268 e. The van der Waals surface area contributed by atoms with Crippen LogP contribution in [0.25, 0.3) is 10.9 Å². The van der Waals surface area contributed by atoms with Gasteiger partial charge in [0, 0.05) is 31.2 Å². The SMILES string of the molecule is O=S(=O)(c1ccccc1)n1ccc2c(OCCN3CCOCC3)cccc21. The number of fused-ring (bicyclic) bond motifs is 1. The normalized spacial score (nSPS) is 15.9. The first-order valence-electron chi connectivity index (χ1n) is 9.00. The van der Waals surface area contributed by atoms with Gasteiger partial charge >= 0.3 is 0 Å². The van der Waals surface area contributed by atoms with Gasteiger partial charge in [0.15, 0.2) is 0 Å². The van der Waals surface area contributed by atoms with Crippen LogP contribution in [-0.2, 0) is 14.8 Å². The van der Waals surface area contributed by atoms with Crippen molar-refractivity contribution in [1.82, 2.24) is 8.87 Å². The number of nitrogens with zero attached hydrogens (tertiary/aromatic N) is 2. The van der Waals surface area contributed by atoms with E-state index in [0.717, 1.165) is 38.2 Å². The van der Waals surface area contributed by atoms with Crippen LogP contribution in [0, 0.1) is 0 Å². The Hall–Kier alpha value is -2.35. The molecule has 0 unspecified atom stereocenters. The number of morpholine rings is 1. The number of ether oxygens (including phenoxy) is 2. The van der Waals surface area contributed by atoms with Gasteiger partial charge in [-0.1, -0.05) is 24.3 Å². The highest BCUT2D eigenvalue weighted by molar-refractivity contribution is 7.90. The van der Waals surface area contributed by atoms with Gasteiger partial charge in [-0.15, -0.1) is 0 Å². The summed E-state index contributed by atoms with van der Waals surface area (Å²) in [7, 11) is -3.64. The lowest BCUT2D eigenvalue weighted by Gasteiger charge is -2.26. The molecule has 7 heteroatoms. The van der Waals surface area contributed by atoms with Crippen molar-refractivity contribution >= 4 is 20.9 Å². The molecule has 0 aliphatic carbocycles. The third kappa shape index (κ3) is 3.71. The van der Waals surface area contributed by atoms with Crippen LogP contribution >= 0.6 is 0 Å². The van der Waals surface area contributed by atoms with Gasteiger partial charge in [-0.25, -0.2) is 12.4 Å². The Morgan fingerprint density at radius 2 is 1.74 bits per heavy atom. The van der Waals surface area contributed by atoms with E-state index < -0.39 is 10.0 Å². The van der Waals surface area contributed by atoms with Crippen molar-refractivity contribution in [1.29, 1.82) is 0 Å². The average molecular weight is 386 g/mol. The van der Waals surface area contributed by atoms with Crippen molar-refractivity contribution in [3.05, 3.63) is 60.8 Å². The quantitative estimate of drug-likeness (QED) is 0.652. The molecule has 0 atom stereocenters. The third-order valence-corrected chi connectivity index (χ3v) is 6.43. The van der Waals surface area contributed by atoms with Crippen molar-refractivity contribution in [2.24, 2.45) is 0 Å². The summed E-state index contributed by atoms with van der Waals surface area (Å²) in [4.78, 5) is 2.57. The predicted molar refractivity (Wildman–Crippen MR) is 104 cm³/mol. The molecular formula is C20H22N2O4S. The van der Waals surface area contributed by atoms with E-state index in [-0.39, 0.29) is 4.90 Å². The predicted octanol–water partition coefficient (Wildman–Crippen LogP) is 2.59. The fraction of sp³-hybridized carbons (Fsp3) is 0.300. The molecule has 1 fully saturated rings. The Bertz CT molecular complexity index is 1010. The van der Waals surface area contributed by atoms with E-state index in [1.165, 1.54) is 3.97 Å². The molecule has 1 aliphatic heterocycles. The molecule has 0 N–H and O–H groups in total. The molecule has 4 rings (SSSR count). The van der Waals surface area contributed by atoms with Crippen molar-refractivity contribution in [3.8, 4) is 5.75 Å². The summed E-state index contributed by atoms with van der Waals surface area (Å²) < 4.78 is 38.5. The van der Waals surface area contributed by atoms with Crippen molar-refractivity contribution in [3.63, 3.8) is 0 Å². The molecule has 2 heterocycles. The molecule has 0 spiro atoms. The van der Waals surface area contributed by atoms with E-state index in [1.807, 2.05) is 12.1 Å². The van der Waals surface area contributed by atoms with Crippen molar-refractivity contribution in [2.75, 3.05) is 39.5 Å². The molecule has 1 saturated heterocycles. The Kier molecular flexibility index (Phi) is 5.15. The molecule has 0 amide bonds. The molecular weight excluding hydrogens is 364 g/mol. The fourth-order valence-corrected chi connectivity index (χ4v) is 4.63. The zero-order valence-corrected chi connectivity index (χ0v) is 15.8. The van der Waals surface area contributed by atoms with Crippen LogP contribution in [0.15, 0.2) is 65.7 Å². The number of rotatable bonds is 6. The second kappa shape index (κ2) is 7.72. The second-order valence-corrected chi connectivity index (χ2v) is 8.24. The highest BCUT2D eigenvalue weighted by Gasteiger charge is 2.19. The van der Waals surface area contributed by atoms with E-state index in [1.54, 1.807) is 48.7 Å². The van der Waals surface area contributed by atoms with Crippen LogP contribution in [-0.4, -0.2) is 56.7 Å². The summed E-state index contributed by atoms with van der Waals surface area (Å²) >= 11 is 0. The Labute approximate surface area is 159 Å². The fourth-order valence-electron chi connectivity index (χ4n) is 3.27. The van der Waals surface area contributed by atoms with Gasteiger partial charge in [-0.05, 0) is 30.3 Å². The average Bonchev–Trinajstić information content (AvgIpc) is 3.15. The highest BCUT2D eigenvalue weighted by Crippen LogP contribution is 2.29. The van der Waals surface area contributed by atoms with Gasteiger partial charge in [0.05, 0.1) is 23.6 Å². The summed E-state index contributed by atoms with van der Waals surface area (Å²) in [6.45, 7) is 4.72.